The van der Waals surface area contributed by atoms with Crippen LogP contribution in [0.3, 0.4) is 0 Å². The van der Waals surface area contributed by atoms with Gasteiger partial charge in [-0.2, -0.15) is 0 Å². The van der Waals surface area contributed by atoms with Crippen LogP contribution in [0.15, 0.2) is 6.20 Å². The summed E-state index contributed by atoms with van der Waals surface area (Å²) in [4.78, 5) is 13.7. The lowest BCUT2D eigenvalue weighted by molar-refractivity contribution is -0.276. The lowest BCUT2D eigenvalue weighted by atomic mass is 10.2. The summed E-state index contributed by atoms with van der Waals surface area (Å²) in [5, 5.41) is 18.0. The third-order valence-corrected chi connectivity index (χ3v) is 2.54. The molecular formula is C8H5F3INO4. The fraction of sp³-hybridized carbons (Fsp3) is 0.250. The van der Waals surface area contributed by atoms with Crippen LogP contribution in [-0.4, -0.2) is 27.5 Å². The normalized spacial score (nSPS) is 11.3. The molecule has 9 heteroatoms. The molecular weight excluding hydrogens is 358 g/mol. The molecule has 1 aromatic rings. The van der Waals surface area contributed by atoms with E-state index in [0.29, 0.717) is 0 Å². The molecule has 0 spiro atoms. The maximum absolute atomic E-state index is 11.9. The Hall–Kier alpha value is -1.26. The van der Waals surface area contributed by atoms with Crippen LogP contribution in [0.5, 0.6) is 11.6 Å². The van der Waals surface area contributed by atoms with Crippen molar-refractivity contribution in [1.82, 2.24) is 4.98 Å². The molecule has 0 radical (unpaired) electrons. The molecule has 5 nitrogen and oxygen atoms in total. The molecule has 0 bridgehead atoms. The number of carboxylic acid groups (broad SMARTS) is 1. The van der Waals surface area contributed by atoms with Crippen LogP contribution >= 0.6 is 22.6 Å². The van der Waals surface area contributed by atoms with E-state index in [2.05, 4.69) is 9.72 Å². The zero-order chi connectivity index (χ0) is 13.2. The number of alkyl halides is 3. The molecule has 0 atom stereocenters. The van der Waals surface area contributed by atoms with Crippen molar-refractivity contribution < 1.29 is 32.9 Å². The zero-order valence-electron chi connectivity index (χ0n) is 7.95. The number of pyridine rings is 1. The summed E-state index contributed by atoms with van der Waals surface area (Å²) in [7, 11) is 0. The number of halogens is 4. The topological polar surface area (TPSA) is 79.7 Å². The molecule has 0 aliphatic carbocycles. The number of rotatable bonds is 3. The Bertz CT molecular complexity index is 449. The van der Waals surface area contributed by atoms with E-state index in [4.69, 9.17) is 5.11 Å². The lowest BCUT2D eigenvalue weighted by Gasteiger charge is -2.12. The number of hydrogen-bond donors (Lipinski definition) is 2. The van der Waals surface area contributed by atoms with Gasteiger partial charge in [-0.1, -0.05) is 0 Å². The minimum atomic E-state index is -5.00. The smallest absolute Gasteiger partial charge is 0.503 e. The molecule has 0 unspecified atom stereocenters. The first kappa shape index (κ1) is 13.8. The largest absolute Gasteiger partial charge is 0.574 e. The van der Waals surface area contributed by atoms with Crippen LogP contribution in [0.2, 0.25) is 0 Å². The molecule has 1 aromatic heterocycles. The van der Waals surface area contributed by atoms with Crippen molar-refractivity contribution >= 4 is 28.6 Å². The maximum Gasteiger partial charge on any atom is 0.574 e. The molecule has 1 heterocycles. The van der Waals surface area contributed by atoms with Gasteiger partial charge in [0, 0.05) is 15.3 Å². The van der Waals surface area contributed by atoms with E-state index in [9.17, 15) is 23.1 Å². The van der Waals surface area contributed by atoms with Gasteiger partial charge in [0.25, 0.3) is 5.88 Å². The Morgan fingerprint density at radius 1 is 1.53 bits per heavy atom. The molecule has 0 fully saturated rings. The summed E-state index contributed by atoms with van der Waals surface area (Å²) >= 11 is 1.65. The van der Waals surface area contributed by atoms with E-state index in [1.165, 1.54) is 0 Å². The second-order valence-electron chi connectivity index (χ2n) is 2.86. The Morgan fingerprint density at radius 2 is 2.12 bits per heavy atom. The minimum absolute atomic E-state index is 0.174. The van der Waals surface area contributed by atoms with Gasteiger partial charge < -0.3 is 14.9 Å². The van der Waals surface area contributed by atoms with Crippen LogP contribution in [0.1, 0.15) is 5.56 Å². The highest BCUT2D eigenvalue weighted by Gasteiger charge is 2.34. The lowest BCUT2D eigenvalue weighted by Crippen LogP contribution is -2.18. The van der Waals surface area contributed by atoms with Crippen molar-refractivity contribution in [3.63, 3.8) is 0 Å². The summed E-state index contributed by atoms with van der Waals surface area (Å²) in [5.74, 6) is -3.27. The van der Waals surface area contributed by atoms with Crippen LogP contribution in [0, 0.1) is 3.57 Å². The number of aromatic hydroxyl groups is 1. The summed E-state index contributed by atoms with van der Waals surface area (Å²) in [5.41, 5.74) is -0.174. The molecule has 0 saturated heterocycles. The predicted molar refractivity (Wildman–Crippen MR) is 56.6 cm³/mol. The Labute approximate surface area is 106 Å². The third-order valence-electron chi connectivity index (χ3n) is 1.61. The first-order valence-corrected chi connectivity index (χ1v) is 5.12. The van der Waals surface area contributed by atoms with E-state index in [1.807, 2.05) is 0 Å². The highest BCUT2D eigenvalue weighted by Crippen LogP contribution is 2.34. The molecule has 2 N–H and O–H groups in total. The highest BCUT2D eigenvalue weighted by molar-refractivity contribution is 14.1. The second-order valence-corrected chi connectivity index (χ2v) is 4.02. The van der Waals surface area contributed by atoms with Crippen LogP contribution < -0.4 is 4.74 Å². The Kier molecular flexibility index (Phi) is 4.01. The predicted octanol–water partition coefficient (Wildman–Crippen LogP) is 1.92. The van der Waals surface area contributed by atoms with Crippen molar-refractivity contribution in [2.45, 2.75) is 12.8 Å². The van der Waals surface area contributed by atoms with E-state index in [0.717, 1.165) is 6.20 Å². The molecule has 0 aromatic carbocycles. The fourth-order valence-corrected chi connectivity index (χ4v) is 1.59. The molecule has 17 heavy (non-hydrogen) atoms. The molecule has 0 aliphatic heterocycles. The summed E-state index contributed by atoms with van der Waals surface area (Å²) in [6, 6.07) is 0. The Morgan fingerprint density at radius 3 is 2.59 bits per heavy atom. The Balaban J connectivity index is 3.14. The van der Waals surface area contributed by atoms with Crippen molar-refractivity contribution in [2.75, 3.05) is 0 Å². The zero-order valence-corrected chi connectivity index (χ0v) is 10.1. The molecule has 0 aliphatic rings. The molecule has 0 amide bonds. The van der Waals surface area contributed by atoms with Crippen molar-refractivity contribution in [3.8, 4) is 11.6 Å². The highest BCUT2D eigenvalue weighted by atomic mass is 127. The fourth-order valence-electron chi connectivity index (χ4n) is 1.00. The van der Waals surface area contributed by atoms with Crippen LogP contribution in [-0.2, 0) is 11.2 Å². The number of ether oxygens (including phenoxy) is 1. The monoisotopic (exact) mass is 363 g/mol. The van der Waals surface area contributed by atoms with Crippen molar-refractivity contribution in [3.05, 3.63) is 15.3 Å². The number of carbonyl (C=O) groups is 1. The summed E-state index contributed by atoms with van der Waals surface area (Å²) in [6.07, 6.45) is -4.64. The second kappa shape index (κ2) is 4.94. The maximum atomic E-state index is 11.9. The van der Waals surface area contributed by atoms with Gasteiger partial charge in [0.2, 0.25) is 0 Å². The summed E-state index contributed by atoms with van der Waals surface area (Å²) in [6.45, 7) is 0. The number of aliphatic carboxylic acids is 1. The SMILES string of the molecule is O=C(O)Cc1c(I)cnc(OC(F)(F)F)c1O. The third kappa shape index (κ3) is 3.91. The van der Waals surface area contributed by atoms with E-state index in [-0.39, 0.29) is 9.13 Å². The van der Waals surface area contributed by atoms with E-state index >= 15 is 0 Å². The van der Waals surface area contributed by atoms with Gasteiger partial charge in [-0.15, -0.1) is 13.2 Å². The first-order chi connectivity index (χ1) is 7.70. The average molecular weight is 363 g/mol. The quantitative estimate of drug-likeness (QED) is 0.803. The molecule has 0 saturated carbocycles. The molecule has 1 rings (SSSR count). The molecule has 94 valence electrons. The van der Waals surface area contributed by atoms with Crippen LogP contribution in [0.25, 0.3) is 0 Å². The first-order valence-electron chi connectivity index (χ1n) is 4.04. The van der Waals surface area contributed by atoms with Crippen LogP contribution in [0.4, 0.5) is 13.2 Å². The number of hydrogen-bond acceptors (Lipinski definition) is 4. The van der Waals surface area contributed by atoms with Gasteiger partial charge >= 0.3 is 12.3 Å². The van der Waals surface area contributed by atoms with Gasteiger partial charge in [0.05, 0.1) is 6.42 Å². The van der Waals surface area contributed by atoms with Gasteiger partial charge in [0.1, 0.15) is 0 Å². The number of carboxylic acids is 1. The van der Waals surface area contributed by atoms with Gasteiger partial charge in [-0.3, -0.25) is 4.79 Å². The van der Waals surface area contributed by atoms with Gasteiger partial charge in [0.15, 0.2) is 5.75 Å². The summed E-state index contributed by atoms with van der Waals surface area (Å²) < 4.78 is 39.5. The van der Waals surface area contributed by atoms with Gasteiger partial charge in [-0.25, -0.2) is 4.98 Å². The number of aromatic nitrogens is 1. The average Bonchev–Trinajstić information content (AvgIpc) is 2.15. The van der Waals surface area contributed by atoms with Gasteiger partial charge in [-0.05, 0) is 22.6 Å². The standard InChI is InChI=1S/C8H5F3INO4/c9-8(10,11)17-7-6(16)3(1-5(14)15)4(12)2-13-7/h2,16H,1H2,(H,14,15). The van der Waals surface area contributed by atoms with E-state index in [1.54, 1.807) is 22.6 Å². The van der Waals surface area contributed by atoms with Crippen molar-refractivity contribution in [2.24, 2.45) is 0 Å². The van der Waals surface area contributed by atoms with E-state index < -0.39 is 30.4 Å². The van der Waals surface area contributed by atoms with Crippen molar-refractivity contribution in [1.29, 1.82) is 0 Å². The minimum Gasteiger partial charge on any atom is -0.503 e. The number of nitrogens with zero attached hydrogens (tertiary/aromatic N) is 1.